The van der Waals surface area contributed by atoms with Crippen molar-refractivity contribution in [1.29, 1.82) is 0 Å². The van der Waals surface area contributed by atoms with Gasteiger partial charge in [0.2, 0.25) is 0 Å². The van der Waals surface area contributed by atoms with Gasteiger partial charge in [-0.1, -0.05) is 44.2 Å². The summed E-state index contributed by atoms with van der Waals surface area (Å²) >= 11 is 0. The first kappa shape index (κ1) is 10.5. The molecular formula is C15H20. The van der Waals surface area contributed by atoms with Crippen molar-refractivity contribution in [2.24, 2.45) is 0 Å². The van der Waals surface area contributed by atoms with Gasteiger partial charge in [-0.25, -0.2) is 0 Å². The van der Waals surface area contributed by atoms with Crippen LogP contribution in [0.2, 0.25) is 0 Å². The summed E-state index contributed by atoms with van der Waals surface area (Å²) < 4.78 is 0. The molecule has 0 spiro atoms. The Morgan fingerprint density at radius 3 is 2.33 bits per heavy atom. The van der Waals surface area contributed by atoms with Crippen LogP contribution in [-0.4, -0.2) is 0 Å². The van der Waals surface area contributed by atoms with Gasteiger partial charge >= 0.3 is 0 Å². The van der Waals surface area contributed by atoms with Crippen LogP contribution in [0.1, 0.15) is 62.1 Å². The Morgan fingerprint density at radius 2 is 1.73 bits per heavy atom. The molecule has 0 aliphatic heterocycles. The fourth-order valence-electron chi connectivity index (χ4n) is 2.53. The van der Waals surface area contributed by atoms with Crippen LogP contribution in [0.5, 0.6) is 0 Å². The Morgan fingerprint density at radius 1 is 1.13 bits per heavy atom. The smallest absolute Gasteiger partial charge is 0.0187 e. The van der Waals surface area contributed by atoms with E-state index >= 15 is 0 Å². The zero-order valence-electron chi connectivity index (χ0n) is 10.0. The lowest BCUT2D eigenvalue weighted by Gasteiger charge is -2.28. The molecule has 1 aromatic carbocycles. The third-order valence-corrected chi connectivity index (χ3v) is 3.67. The van der Waals surface area contributed by atoms with Crippen LogP contribution in [0.4, 0.5) is 0 Å². The summed E-state index contributed by atoms with van der Waals surface area (Å²) in [6.07, 6.45) is 2.66. The molecule has 1 aromatic rings. The van der Waals surface area contributed by atoms with Gasteiger partial charge < -0.3 is 0 Å². The zero-order chi connectivity index (χ0) is 11.0. The number of hydrogen-bond acceptors (Lipinski definition) is 0. The zero-order valence-corrected chi connectivity index (χ0v) is 10.0. The van der Waals surface area contributed by atoms with Crippen LogP contribution < -0.4 is 0 Å². The summed E-state index contributed by atoms with van der Waals surface area (Å²) in [5.74, 6) is 1.45. The van der Waals surface area contributed by atoms with Crippen molar-refractivity contribution in [3.05, 3.63) is 41.5 Å². The molecule has 0 heterocycles. The predicted molar refractivity (Wildman–Crippen MR) is 67.2 cm³/mol. The van der Waals surface area contributed by atoms with Crippen LogP contribution in [0.25, 0.3) is 5.57 Å². The highest BCUT2D eigenvalue weighted by atomic mass is 14.3. The molecule has 2 atom stereocenters. The van der Waals surface area contributed by atoms with E-state index in [9.17, 15) is 0 Å². The van der Waals surface area contributed by atoms with Crippen molar-refractivity contribution in [1.82, 2.24) is 0 Å². The summed E-state index contributed by atoms with van der Waals surface area (Å²) in [4.78, 5) is 0. The lowest BCUT2D eigenvalue weighted by Crippen LogP contribution is -2.10. The molecule has 0 N–H and O–H groups in total. The number of hydrogen-bond donors (Lipinski definition) is 0. The lowest BCUT2D eigenvalue weighted by molar-refractivity contribution is 0.527. The van der Waals surface area contributed by atoms with Gasteiger partial charge in [-0.3, -0.25) is 0 Å². The van der Waals surface area contributed by atoms with Gasteiger partial charge in [0.05, 0.1) is 0 Å². The van der Waals surface area contributed by atoms with E-state index in [0.717, 1.165) is 11.8 Å². The van der Waals surface area contributed by atoms with Gasteiger partial charge in [0.25, 0.3) is 0 Å². The molecule has 2 rings (SSSR count). The average Bonchev–Trinajstić information content (AvgIpc) is 2.23. The average molecular weight is 200 g/mol. The monoisotopic (exact) mass is 200 g/mol. The first-order chi connectivity index (χ1) is 7.09. The molecule has 15 heavy (non-hydrogen) atoms. The minimum Gasteiger partial charge on any atom is -0.0955 e. The van der Waals surface area contributed by atoms with Crippen molar-refractivity contribution in [3.63, 3.8) is 0 Å². The second-order valence-electron chi connectivity index (χ2n) is 5.00. The first-order valence-electron chi connectivity index (χ1n) is 5.89. The Bertz CT molecular complexity index is 387. The molecule has 0 radical (unpaired) electrons. The summed E-state index contributed by atoms with van der Waals surface area (Å²) in [6.45, 7) is 10.8. The third-order valence-electron chi connectivity index (χ3n) is 3.67. The van der Waals surface area contributed by atoms with Gasteiger partial charge in [-0.05, 0) is 48.3 Å². The van der Waals surface area contributed by atoms with E-state index in [1.165, 1.54) is 24.0 Å². The molecule has 80 valence electrons. The molecule has 0 nitrogen and oxygen atoms in total. The molecule has 0 saturated heterocycles. The maximum Gasteiger partial charge on any atom is -0.0187 e. The van der Waals surface area contributed by atoms with Crippen LogP contribution in [0, 0.1) is 0 Å². The van der Waals surface area contributed by atoms with E-state index in [4.69, 9.17) is 0 Å². The summed E-state index contributed by atoms with van der Waals surface area (Å²) in [6, 6.07) is 6.87. The number of fused-ring (bicyclic) bond motifs is 1. The fourth-order valence-corrected chi connectivity index (χ4v) is 2.53. The fraction of sp³-hybridized carbons (Fsp3) is 0.467. The molecule has 0 fully saturated rings. The van der Waals surface area contributed by atoms with E-state index in [2.05, 4.69) is 45.5 Å². The van der Waals surface area contributed by atoms with Crippen LogP contribution >= 0.6 is 0 Å². The molecule has 1 aliphatic rings. The Hall–Kier alpha value is -1.04. The largest absolute Gasteiger partial charge is 0.0955 e. The van der Waals surface area contributed by atoms with Crippen molar-refractivity contribution in [3.8, 4) is 0 Å². The molecular weight excluding hydrogens is 180 g/mol. The van der Waals surface area contributed by atoms with E-state index in [1.54, 1.807) is 11.1 Å². The van der Waals surface area contributed by atoms with Crippen molar-refractivity contribution in [2.75, 3.05) is 0 Å². The summed E-state index contributed by atoms with van der Waals surface area (Å²) in [5, 5.41) is 0. The van der Waals surface area contributed by atoms with Crippen molar-refractivity contribution < 1.29 is 0 Å². The first-order valence-corrected chi connectivity index (χ1v) is 5.89. The van der Waals surface area contributed by atoms with E-state index < -0.39 is 0 Å². The normalized spacial score (nSPS) is 24.7. The Labute approximate surface area is 93.0 Å². The number of benzene rings is 1. The van der Waals surface area contributed by atoms with E-state index in [1.807, 2.05) is 0 Å². The molecule has 0 saturated carbocycles. The number of rotatable bonds is 1. The molecule has 2 unspecified atom stereocenters. The lowest BCUT2D eigenvalue weighted by atomic mass is 9.77. The maximum atomic E-state index is 4.02. The highest BCUT2D eigenvalue weighted by molar-refractivity contribution is 5.63. The molecule has 0 amide bonds. The van der Waals surface area contributed by atoms with Gasteiger partial charge in [-0.2, -0.15) is 0 Å². The van der Waals surface area contributed by atoms with Gasteiger partial charge in [-0.15, -0.1) is 0 Å². The summed E-state index contributed by atoms with van der Waals surface area (Å²) in [5.41, 5.74) is 5.57. The highest BCUT2D eigenvalue weighted by Crippen LogP contribution is 2.39. The maximum absolute atomic E-state index is 4.02. The molecule has 0 bridgehead atoms. The molecule has 1 aliphatic carbocycles. The van der Waals surface area contributed by atoms with Gasteiger partial charge in [0, 0.05) is 0 Å². The third kappa shape index (κ3) is 1.86. The summed E-state index contributed by atoms with van der Waals surface area (Å²) in [7, 11) is 0. The second-order valence-corrected chi connectivity index (χ2v) is 5.00. The standard InChI is InChI=1S/C15H20/c1-10(2)13-7-8-14-11(3)5-6-12(4)15(14)9-13/h7-9,11-12H,1,5-6H2,2-4H3. The van der Waals surface area contributed by atoms with Crippen LogP contribution in [0.3, 0.4) is 0 Å². The Kier molecular flexibility index (Phi) is 2.68. The minimum atomic E-state index is 0.718. The van der Waals surface area contributed by atoms with Crippen LogP contribution in [-0.2, 0) is 0 Å². The predicted octanol–water partition coefficient (Wildman–Crippen LogP) is 4.72. The Balaban J connectivity index is 2.49. The minimum absolute atomic E-state index is 0.718. The van der Waals surface area contributed by atoms with Crippen LogP contribution in [0.15, 0.2) is 24.8 Å². The van der Waals surface area contributed by atoms with Crippen molar-refractivity contribution >= 4 is 5.57 Å². The second kappa shape index (κ2) is 3.84. The quantitative estimate of drug-likeness (QED) is 0.615. The van der Waals surface area contributed by atoms with Gasteiger partial charge in [0.1, 0.15) is 0 Å². The molecule has 0 aromatic heterocycles. The topological polar surface area (TPSA) is 0 Å². The SMILES string of the molecule is C=C(C)c1ccc2c(c1)C(C)CCC2C. The van der Waals surface area contributed by atoms with E-state index in [-0.39, 0.29) is 0 Å². The van der Waals surface area contributed by atoms with E-state index in [0.29, 0.717) is 0 Å². The number of allylic oxidation sites excluding steroid dienone is 1. The highest BCUT2D eigenvalue weighted by Gasteiger charge is 2.21. The van der Waals surface area contributed by atoms with Crippen molar-refractivity contribution in [2.45, 2.75) is 45.4 Å². The van der Waals surface area contributed by atoms with Gasteiger partial charge in [0.15, 0.2) is 0 Å². The molecule has 0 heteroatoms.